The Morgan fingerprint density at radius 2 is 1.40 bits per heavy atom. The van der Waals surface area contributed by atoms with E-state index in [1.165, 1.54) is 32.6 Å². The average Bonchev–Trinajstić information content (AvgIpc) is 2.75. The van der Waals surface area contributed by atoms with Crippen LogP contribution in [0.4, 0.5) is 0 Å². The van der Waals surface area contributed by atoms with Crippen molar-refractivity contribution in [2.24, 2.45) is 7.05 Å². The zero-order valence-corrected chi connectivity index (χ0v) is 13.8. The number of hydrogen-bond acceptors (Lipinski definition) is 3. The fourth-order valence-electron chi connectivity index (χ4n) is 2.91. The van der Waals surface area contributed by atoms with Crippen LogP contribution in [0, 0.1) is 27.7 Å². The van der Waals surface area contributed by atoms with E-state index in [1.54, 1.807) is 7.05 Å². The molecule has 0 spiro atoms. The second kappa shape index (κ2) is 4.69. The molecule has 20 heavy (non-hydrogen) atoms. The summed E-state index contributed by atoms with van der Waals surface area (Å²) >= 11 is 0. The van der Waals surface area contributed by atoms with Crippen molar-refractivity contribution in [3.05, 3.63) is 27.8 Å². The van der Waals surface area contributed by atoms with Gasteiger partial charge in [0.1, 0.15) is 0 Å². The van der Waals surface area contributed by atoms with Gasteiger partial charge in [0, 0.05) is 5.56 Å². The second-order valence-corrected chi connectivity index (χ2v) is 6.60. The predicted molar refractivity (Wildman–Crippen MR) is 81.9 cm³/mol. The van der Waals surface area contributed by atoms with Crippen molar-refractivity contribution in [1.82, 2.24) is 20.2 Å². The van der Waals surface area contributed by atoms with Gasteiger partial charge < -0.3 is 0 Å². The molecule has 4 heteroatoms. The first-order valence-corrected chi connectivity index (χ1v) is 6.99. The number of aryl methyl sites for hydroxylation is 1. The molecule has 0 fully saturated rings. The number of nitrogens with zero attached hydrogens (tertiary/aromatic N) is 4. The lowest BCUT2D eigenvalue weighted by molar-refractivity contribution is 0.585. The third-order valence-corrected chi connectivity index (χ3v) is 4.17. The Labute approximate surface area is 121 Å². The van der Waals surface area contributed by atoms with Crippen molar-refractivity contribution in [2.45, 2.75) is 53.9 Å². The van der Waals surface area contributed by atoms with E-state index >= 15 is 0 Å². The molecule has 0 aliphatic carbocycles. The molecule has 1 aromatic heterocycles. The fourth-order valence-corrected chi connectivity index (χ4v) is 2.91. The number of aromatic nitrogens is 4. The highest BCUT2D eigenvalue weighted by atomic mass is 15.6. The zero-order chi connectivity index (χ0) is 15.2. The van der Waals surface area contributed by atoms with Gasteiger partial charge in [0.15, 0.2) is 0 Å². The van der Waals surface area contributed by atoms with Gasteiger partial charge in [-0.3, -0.25) is 0 Å². The van der Waals surface area contributed by atoms with E-state index in [2.05, 4.69) is 63.9 Å². The Kier molecular flexibility index (Phi) is 3.44. The maximum Gasteiger partial charge on any atom is 0.205 e. The van der Waals surface area contributed by atoms with Gasteiger partial charge in [-0.25, -0.2) is 0 Å². The minimum absolute atomic E-state index is 0.0435. The number of rotatable bonds is 1. The molecule has 4 nitrogen and oxygen atoms in total. The van der Waals surface area contributed by atoms with Crippen LogP contribution in [0.1, 0.15) is 48.6 Å². The highest BCUT2D eigenvalue weighted by Gasteiger charge is 2.27. The van der Waals surface area contributed by atoms with Gasteiger partial charge in [-0.05, 0) is 66.1 Å². The maximum absolute atomic E-state index is 4.42. The summed E-state index contributed by atoms with van der Waals surface area (Å²) in [4.78, 5) is 1.52. The first-order chi connectivity index (χ1) is 9.14. The molecule has 0 aliphatic rings. The van der Waals surface area contributed by atoms with Crippen LogP contribution >= 0.6 is 0 Å². The molecule has 108 valence electrons. The fraction of sp³-hybridized carbons (Fsp3) is 0.562. The molecule has 0 saturated heterocycles. The lowest BCUT2D eigenvalue weighted by atomic mass is 9.76. The summed E-state index contributed by atoms with van der Waals surface area (Å²) in [5.74, 6) is 0.723. The van der Waals surface area contributed by atoms with E-state index in [-0.39, 0.29) is 5.41 Å². The topological polar surface area (TPSA) is 43.6 Å². The van der Waals surface area contributed by atoms with Crippen molar-refractivity contribution in [3.63, 3.8) is 0 Å². The molecule has 0 saturated carbocycles. The maximum atomic E-state index is 4.42. The zero-order valence-electron chi connectivity index (χ0n) is 13.8. The minimum atomic E-state index is 0.0435. The number of benzene rings is 1. The van der Waals surface area contributed by atoms with Crippen LogP contribution in [0.3, 0.4) is 0 Å². The third kappa shape index (κ3) is 2.23. The van der Waals surface area contributed by atoms with Gasteiger partial charge in [0.05, 0.1) is 7.05 Å². The van der Waals surface area contributed by atoms with Gasteiger partial charge in [0.2, 0.25) is 5.82 Å². The Morgan fingerprint density at radius 1 is 0.850 bits per heavy atom. The first-order valence-electron chi connectivity index (χ1n) is 6.99. The van der Waals surface area contributed by atoms with Gasteiger partial charge in [-0.1, -0.05) is 20.8 Å². The normalized spacial score (nSPS) is 12.0. The molecule has 2 aromatic rings. The van der Waals surface area contributed by atoms with Crippen LogP contribution in [0.15, 0.2) is 0 Å². The van der Waals surface area contributed by atoms with Crippen LogP contribution in [0.2, 0.25) is 0 Å². The van der Waals surface area contributed by atoms with E-state index in [9.17, 15) is 0 Å². The summed E-state index contributed by atoms with van der Waals surface area (Å²) in [5, 5.41) is 12.7. The Hall–Kier alpha value is -1.71. The largest absolute Gasteiger partial charge is 0.205 e. The molecule has 0 N–H and O–H groups in total. The van der Waals surface area contributed by atoms with E-state index in [0.29, 0.717) is 0 Å². The van der Waals surface area contributed by atoms with Gasteiger partial charge in [-0.2, -0.15) is 4.80 Å². The molecule has 0 unspecified atom stereocenters. The lowest BCUT2D eigenvalue weighted by Gasteiger charge is -2.28. The van der Waals surface area contributed by atoms with Crippen LogP contribution in [-0.2, 0) is 12.5 Å². The van der Waals surface area contributed by atoms with Crippen molar-refractivity contribution >= 4 is 0 Å². The van der Waals surface area contributed by atoms with E-state index in [1.807, 2.05) is 0 Å². The number of tetrazole rings is 1. The second-order valence-electron chi connectivity index (χ2n) is 6.60. The highest BCUT2D eigenvalue weighted by Crippen LogP contribution is 2.39. The summed E-state index contributed by atoms with van der Waals surface area (Å²) in [5.41, 5.74) is 7.78. The molecule has 1 aromatic carbocycles. The van der Waals surface area contributed by atoms with E-state index in [4.69, 9.17) is 0 Å². The molecule has 0 bridgehead atoms. The highest BCUT2D eigenvalue weighted by molar-refractivity contribution is 5.71. The Morgan fingerprint density at radius 3 is 1.85 bits per heavy atom. The molecule has 0 radical (unpaired) electrons. The Balaban J connectivity index is 2.91. The summed E-state index contributed by atoms with van der Waals surface area (Å²) in [7, 11) is 1.80. The monoisotopic (exact) mass is 272 g/mol. The van der Waals surface area contributed by atoms with E-state index < -0.39 is 0 Å². The first kappa shape index (κ1) is 14.7. The van der Waals surface area contributed by atoms with Gasteiger partial charge >= 0.3 is 0 Å². The molecular formula is C16H24N4. The SMILES string of the molecule is Cc1c(C)c(C)c(C(C)(C)C)c(-c2nnn(C)n2)c1C. The van der Waals surface area contributed by atoms with Crippen molar-refractivity contribution in [3.8, 4) is 11.4 Å². The quantitative estimate of drug-likeness (QED) is 0.799. The number of hydrogen-bond donors (Lipinski definition) is 0. The van der Waals surface area contributed by atoms with Crippen LogP contribution in [-0.4, -0.2) is 20.2 Å². The van der Waals surface area contributed by atoms with Crippen LogP contribution < -0.4 is 0 Å². The Bertz CT molecular complexity index is 660. The predicted octanol–water partition coefficient (Wildman–Crippen LogP) is 3.41. The van der Waals surface area contributed by atoms with Crippen LogP contribution in [0.5, 0.6) is 0 Å². The van der Waals surface area contributed by atoms with Crippen molar-refractivity contribution in [2.75, 3.05) is 0 Å². The third-order valence-electron chi connectivity index (χ3n) is 4.17. The van der Waals surface area contributed by atoms with Crippen molar-refractivity contribution < 1.29 is 0 Å². The molecule has 1 heterocycles. The average molecular weight is 272 g/mol. The summed E-state index contributed by atoms with van der Waals surface area (Å²) in [6.07, 6.45) is 0. The standard InChI is InChI=1S/C16H24N4/c1-9-10(2)12(4)14(16(5,6)7)13(11(9)3)15-17-19-20(8)18-15/h1-8H3. The lowest BCUT2D eigenvalue weighted by Crippen LogP contribution is -2.18. The van der Waals surface area contributed by atoms with Crippen LogP contribution in [0.25, 0.3) is 11.4 Å². The minimum Gasteiger partial charge on any atom is -0.167 e. The molecule has 2 rings (SSSR count). The van der Waals surface area contributed by atoms with Gasteiger partial charge in [-0.15, -0.1) is 10.2 Å². The molecule has 0 atom stereocenters. The molecular weight excluding hydrogens is 248 g/mol. The smallest absolute Gasteiger partial charge is 0.167 e. The van der Waals surface area contributed by atoms with Crippen molar-refractivity contribution in [1.29, 1.82) is 0 Å². The molecule has 0 amide bonds. The summed E-state index contributed by atoms with van der Waals surface area (Å²) < 4.78 is 0. The van der Waals surface area contributed by atoms with Gasteiger partial charge in [0.25, 0.3) is 0 Å². The van der Waals surface area contributed by atoms with E-state index in [0.717, 1.165) is 11.4 Å². The summed E-state index contributed by atoms with van der Waals surface area (Å²) in [6.45, 7) is 15.4. The summed E-state index contributed by atoms with van der Waals surface area (Å²) in [6, 6.07) is 0. The molecule has 0 aliphatic heterocycles.